The van der Waals surface area contributed by atoms with Crippen molar-refractivity contribution in [2.24, 2.45) is 0 Å². The Morgan fingerprint density at radius 3 is 2.73 bits per heavy atom. The molecule has 1 amide bonds. The SMILES string of the molecule is Cc1c(C)c2cc(Cl)c(OCC(=O)N[C@H]3CCS(=O)(=O)C3)cc2oc1=O. The van der Waals surface area contributed by atoms with E-state index in [1.807, 2.05) is 0 Å². The van der Waals surface area contributed by atoms with Crippen molar-refractivity contribution in [1.82, 2.24) is 5.32 Å². The van der Waals surface area contributed by atoms with Crippen molar-refractivity contribution < 1.29 is 22.4 Å². The molecule has 3 rings (SSSR count). The summed E-state index contributed by atoms with van der Waals surface area (Å²) in [6.07, 6.45) is 0.397. The Hall–Kier alpha value is -2.06. The number of hydrogen-bond acceptors (Lipinski definition) is 6. The molecule has 1 aromatic heterocycles. The minimum atomic E-state index is -3.07. The van der Waals surface area contributed by atoms with E-state index in [-0.39, 0.29) is 28.9 Å². The smallest absolute Gasteiger partial charge is 0.339 e. The number of ether oxygens (including phenoxy) is 1. The number of carbonyl (C=O) groups is 1. The Morgan fingerprint density at radius 1 is 1.35 bits per heavy atom. The number of amides is 1. The number of halogens is 1. The number of hydrogen-bond donors (Lipinski definition) is 1. The number of nitrogens with one attached hydrogen (secondary N) is 1. The Bertz CT molecular complexity index is 1040. The van der Waals surface area contributed by atoms with Crippen LogP contribution >= 0.6 is 11.6 Å². The van der Waals surface area contributed by atoms with Gasteiger partial charge in [-0.15, -0.1) is 0 Å². The van der Waals surface area contributed by atoms with E-state index in [1.54, 1.807) is 19.9 Å². The van der Waals surface area contributed by atoms with Gasteiger partial charge in [0.25, 0.3) is 5.91 Å². The van der Waals surface area contributed by atoms with Crippen molar-refractivity contribution in [2.45, 2.75) is 26.3 Å². The molecule has 0 saturated carbocycles. The standard InChI is InChI=1S/C17H18ClNO6S/c1-9-10(2)17(21)25-14-6-15(13(18)5-12(9)14)24-7-16(20)19-11-3-4-26(22,23)8-11/h5-6,11H,3-4,7-8H2,1-2H3,(H,19,20)/t11-/m0/s1. The summed E-state index contributed by atoms with van der Waals surface area (Å²) in [6, 6.07) is 2.70. The van der Waals surface area contributed by atoms with Crippen LogP contribution in [0.2, 0.25) is 5.02 Å². The maximum absolute atomic E-state index is 12.0. The predicted molar refractivity (Wildman–Crippen MR) is 97.7 cm³/mol. The van der Waals surface area contributed by atoms with Crippen LogP contribution in [0, 0.1) is 13.8 Å². The van der Waals surface area contributed by atoms with Crippen molar-refractivity contribution in [3.05, 3.63) is 38.7 Å². The van der Waals surface area contributed by atoms with Gasteiger partial charge in [-0.3, -0.25) is 4.79 Å². The van der Waals surface area contributed by atoms with Gasteiger partial charge in [0, 0.05) is 23.1 Å². The summed E-state index contributed by atoms with van der Waals surface area (Å²) in [5.41, 5.74) is 1.15. The first kappa shape index (κ1) is 18.7. The molecule has 0 bridgehead atoms. The van der Waals surface area contributed by atoms with Crippen LogP contribution in [0.4, 0.5) is 0 Å². The average molecular weight is 400 g/mol. The number of carbonyl (C=O) groups excluding carboxylic acids is 1. The van der Waals surface area contributed by atoms with E-state index in [4.69, 9.17) is 20.8 Å². The summed E-state index contributed by atoms with van der Waals surface area (Å²) < 4.78 is 33.5. The van der Waals surface area contributed by atoms with E-state index in [9.17, 15) is 18.0 Å². The molecule has 2 heterocycles. The molecule has 9 heteroatoms. The lowest BCUT2D eigenvalue weighted by Crippen LogP contribution is -2.38. The maximum atomic E-state index is 12.0. The van der Waals surface area contributed by atoms with Crippen molar-refractivity contribution >= 4 is 38.3 Å². The molecule has 26 heavy (non-hydrogen) atoms. The highest BCUT2D eigenvalue weighted by molar-refractivity contribution is 7.91. The van der Waals surface area contributed by atoms with Crippen molar-refractivity contribution in [3.63, 3.8) is 0 Å². The molecular formula is C17H18ClNO6S. The highest BCUT2D eigenvalue weighted by atomic mass is 35.5. The summed E-state index contributed by atoms with van der Waals surface area (Å²) in [6.45, 7) is 3.15. The summed E-state index contributed by atoms with van der Waals surface area (Å²) in [5, 5.41) is 3.60. The average Bonchev–Trinajstić information content (AvgIpc) is 2.90. The molecule has 0 spiro atoms. The summed E-state index contributed by atoms with van der Waals surface area (Å²) >= 11 is 6.20. The van der Waals surface area contributed by atoms with Crippen LogP contribution in [0.25, 0.3) is 11.0 Å². The molecule has 1 aliphatic heterocycles. The van der Waals surface area contributed by atoms with Crippen LogP contribution in [0.15, 0.2) is 21.3 Å². The zero-order valence-electron chi connectivity index (χ0n) is 14.3. The number of rotatable bonds is 4. The third kappa shape index (κ3) is 3.86. The molecule has 0 unspecified atom stereocenters. The summed E-state index contributed by atoms with van der Waals surface area (Å²) in [4.78, 5) is 23.8. The monoisotopic (exact) mass is 399 g/mol. The summed E-state index contributed by atoms with van der Waals surface area (Å²) in [5.74, 6) is -0.212. The largest absolute Gasteiger partial charge is 0.482 e. The fraction of sp³-hybridized carbons (Fsp3) is 0.412. The quantitative estimate of drug-likeness (QED) is 0.785. The zero-order valence-corrected chi connectivity index (χ0v) is 15.9. The van der Waals surface area contributed by atoms with Crippen molar-refractivity contribution in [1.29, 1.82) is 0 Å². The Labute approximate surface area is 155 Å². The molecule has 1 saturated heterocycles. The van der Waals surface area contributed by atoms with Crippen LogP contribution in [-0.4, -0.2) is 38.5 Å². The topological polar surface area (TPSA) is 103 Å². The van der Waals surface area contributed by atoms with Crippen LogP contribution < -0.4 is 15.7 Å². The van der Waals surface area contributed by atoms with Gasteiger partial charge in [0.1, 0.15) is 11.3 Å². The highest BCUT2D eigenvalue weighted by Crippen LogP contribution is 2.31. The van der Waals surface area contributed by atoms with Gasteiger partial charge in [0.15, 0.2) is 16.4 Å². The molecule has 0 radical (unpaired) electrons. The van der Waals surface area contributed by atoms with Gasteiger partial charge in [-0.2, -0.15) is 0 Å². The molecule has 0 aliphatic carbocycles. The lowest BCUT2D eigenvalue weighted by Gasteiger charge is -2.13. The van der Waals surface area contributed by atoms with E-state index in [2.05, 4.69) is 5.32 Å². The second-order valence-corrected chi connectivity index (χ2v) is 9.01. The van der Waals surface area contributed by atoms with Gasteiger partial charge in [-0.25, -0.2) is 13.2 Å². The molecular weight excluding hydrogens is 382 g/mol. The molecule has 1 fully saturated rings. The van der Waals surface area contributed by atoms with Gasteiger partial charge in [-0.05, 0) is 31.9 Å². The lowest BCUT2D eigenvalue weighted by atomic mass is 10.1. The fourth-order valence-corrected chi connectivity index (χ4v) is 4.77. The third-order valence-electron chi connectivity index (χ3n) is 4.47. The summed E-state index contributed by atoms with van der Waals surface area (Å²) in [7, 11) is -3.07. The van der Waals surface area contributed by atoms with E-state index < -0.39 is 27.4 Å². The Morgan fingerprint density at radius 2 is 2.08 bits per heavy atom. The molecule has 140 valence electrons. The van der Waals surface area contributed by atoms with E-state index in [0.29, 0.717) is 23.0 Å². The molecule has 1 atom stereocenters. The Balaban J connectivity index is 1.73. The normalized spacial score (nSPS) is 18.8. The fourth-order valence-electron chi connectivity index (χ4n) is 2.88. The molecule has 1 N–H and O–H groups in total. The second kappa shape index (κ2) is 6.92. The molecule has 1 aliphatic rings. The second-order valence-electron chi connectivity index (χ2n) is 6.37. The van der Waals surface area contributed by atoms with E-state index in [1.165, 1.54) is 6.07 Å². The van der Waals surface area contributed by atoms with E-state index in [0.717, 1.165) is 5.56 Å². The van der Waals surface area contributed by atoms with Gasteiger partial charge >= 0.3 is 5.63 Å². The Kier molecular flexibility index (Phi) is 4.98. The number of sulfone groups is 1. The first-order chi connectivity index (χ1) is 12.2. The first-order valence-electron chi connectivity index (χ1n) is 8.02. The number of fused-ring (bicyclic) bond motifs is 1. The lowest BCUT2D eigenvalue weighted by molar-refractivity contribution is -0.123. The maximum Gasteiger partial charge on any atom is 0.339 e. The predicted octanol–water partition coefficient (Wildman–Crippen LogP) is 1.75. The van der Waals surface area contributed by atoms with Crippen molar-refractivity contribution in [3.8, 4) is 5.75 Å². The van der Waals surface area contributed by atoms with E-state index >= 15 is 0 Å². The first-order valence-corrected chi connectivity index (χ1v) is 10.2. The molecule has 7 nitrogen and oxygen atoms in total. The molecule has 2 aromatic rings. The van der Waals surface area contributed by atoms with Gasteiger partial charge in [0.05, 0.1) is 16.5 Å². The number of benzene rings is 1. The highest BCUT2D eigenvalue weighted by Gasteiger charge is 2.29. The molecule has 1 aromatic carbocycles. The minimum Gasteiger partial charge on any atom is -0.482 e. The zero-order chi connectivity index (χ0) is 19.1. The number of aryl methyl sites for hydroxylation is 1. The van der Waals surface area contributed by atoms with Gasteiger partial charge in [-0.1, -0.05) is 11.6 Å². The van der Waals surface area contributed by atoms with Crippen LogP contribution in [-0.2, 0) is 14.6 Å². The van der Waals surface area contributed by atoms with Gasteiger partial charge in [0.2, 0.25) is 0 Å². The van der Waals surface area contributed by atoms with Gasteiger partial charge < -0.3 is 14.5 Å². The third-order valence-corrected chi connectivity index (χ3v) is 6.53. The van der Waals surface area contributed by atoms with Crippen molar-refractivity contribution in [2.75, 3.05) is 18.1 Å². The van der Waals surface area contributed by atoms with Crippen LogP contribution in [0.1, 0.15) is 17.5 Å². The van der Waals surface area contributed by atoms with Crippen LogP contribution in [0.5, 0.6) is 5.75 Å². The van der Waals surface area contributed by atoms with Crippen LogP contribution in [0.3, 0.4) is 0 Å². The minimum absolute atomic E-state index is 0.0563.